The predicted octanol–water partition coefficient (Wildman–Crippen LogP) is 3.34. The lowest BCUT2D eigenvalue weighted by Crippen LogP contribution is -1.92. The van der Waals surface area contributed by atoms with Crippen molar-refractivity contribution in [2.75, 3.05) is 0 Å². The molecule has 0 fully saturated rings. The van der Waals surface area contributed by atoms with Crippen molar-refractivity contribution in [1.82, 2.24) is 4.98 Å². The van der Waals surface area contributed by atoms with E-state index in [1.807, 2.05) is 36.4 Å². The van der Waals surface area contributed by atoms with Crippen LogP contribution in [0.2, 0.25) is 0 Å². The van der Waals surface area contributed by atoms with Gasteiger partial charge in [-0.15, -0.1) is 11.3 Å². The lowest BCUT2D eigenvalue weighted by Gasteiger charge is -2.03. The number of nitrogens with zero attached hydrogens (tertiary/aromatic N) is 2. The van der Waals surface area contributed by atoms with Crippen LogP contribution in [0.15, 0.2) is 41.0 Å². The van der Waals surface area contributed by atoms with Crippen LogP contribution in [0.3, 0.4) is 0 Å². The van der Waals surface area contributed by atoms with Gasteiger partial charge in [-0.05, 0) is 30.3 Å². The van der Waals surface area contributed by atoms with Crippen molar-refractivity contribution < 1.29 is 9.15 Å². The third-order valence-electron chi connectivity index (χ3n) is 2.42. The van der Waals surface area contributed by atoms with E-state index in [9.17, 15) is 0 Å². The quantitative estimate of drug-likeness (QED) is 0.721. The highest BCUT2D eigenvalue weighted by molar-refractivity contribution is 7.19. The van der Waals surface area contributed by atoms with Gasteiger partial charge in [-0.3, -0.25) is 0 Å². The molecular formula is C13H8N2O2S. The Morgan fingerprint density at radius 2 is 2.33 bits per heavy atom. The summed E-state index contributed by atoms with van der Waals surface area (Å²) >= 11 is 1.36. The summed E-state index contributed by atoms with van der Waals surface area (Å²) in [6.45, 7) is 0.391. The fourth-order valence-electron chi connectivity index (χ4n) is 1.59. The molecule has 0 amide bonds. The third-order valence-corrected chi connectivity index (χ3v) is 3.34. The van der Waals surface area contributed by atoms with Crippen LogP contribution in [0, 0.1) is 11.3 Å². The number of rotatable bonds is 3. The number of ether oxygens (including phenoxy) is 1. The Hall–Kier alpha value is -2.32. The first-order chi connectivity index (χ1) is 8.85. The summed E-state index contributed by atoms with van der Waals surface area (Å²) in [6, 6.07) is 11.3. The zero-order valence-electron chi connectivity index (χ0n) is 9.29. The topological polar surface area (TPSA) is 59.0 Å². The first-order valence-corrected chi connectivity index (χ1v) is 6.13. The van der Waals surface area contributed by atoms with Crippen LogP contribution in [0.4, 0.5) is 0 Å². The van der Waals surface area contributed by atoms with E-state index in [4.69, 9.17) is 14.4 Å². The Kier molecular flexibility index (Phi) is 2.71. The van der Waals surface area contributed by atoms with Gasteiger partial charge >= 0.3 is 0 Å². The Morgan fingerprint density at radius 3 is 3.11 bits per heavy atom. The molecule has 0 N–H and O–H groups in total. The van der Waals surface area contributed by atoms with Gasteiger partial charge in [0.05, 0.1) is 16.5 Å². The van der Waals surface area contributed by atoms with Gasteiger partial charge in [0.15, 0.2) is 5.01 Å². The monoisotopic (exact) mass is 256 g/mol. The van der Waals surface area contributed by atoms with Gasteiger partial charge in [0.1, 0.15) is 24.2 Å². The van der Waals surface area contributed by atoms with Crippen LogP contribution in [0.5, 0.6) is 5.75 Å². The summed E-state index contributed by atoms with van der Waals surface area (Å²) in [5.41, 5.74) is 0.821. The average Bonchev–Trinajstić information content (AvgIpc) is 3.04. The second-order valence-electron chi connectivity index (χ2n) is 3.63. The van der Waals surface area contributed by atoms with Crippen molar-refractivity contribution in [3.63, 3.8) is 0 Å². The first kappa shape index (κ1) is 10.8. The predicted molar refractivity (Wildman–Crippen MR) is 67.4 cm³/mol. The lowest BCUT2D eigenvalue weighted by molar-refractivity contribution is 0.270. The van der Waals surface area contributed by atoms with Gasteiger partial charge in [0.2, 0.25) is 0 Å². The molecule has 3 rings (SSSR count). The largest absolute Gasteiger partial charge is 0.486 e. The number of hydrogen-bond donors (Lipinski definition) is 0. The summed E-state index contributed by atoms with van der Waals surface area (Å²) in [5.74, 6) is 1.52. The molecule has 1 aromatic carbocycles. The van der Waals surface area contributed by atoms with E-state index < -0.39 is 0 Å². The number of hydrogen-bond acceptors (Lipinski definition) is 5. The first-order valence-electron chi connectivity index (χ1n) is 5.31. The fraction of sp³-hybridized carbons (Fsp3) is 0.0769. The lowest BCUT2D eigenvalue weighted by atomic mass is 10.3. The molecule has 5 heteroatoms. The molecule has 2 heterocycles. The minimum atomic E-state index is 0.391. The van der Waals surface area contributed by atoms with Crippen molar-refractivity contribution in [3.8, 4) is 11.8 Å². The van der Waals surface area contributed by atoms with Gasteiger partial charge in [-0.2, -0.15) is 5.26 Å². The number of fused-ring (bicyclic) bond motifs is 1. The highest BCUT2D eigenvalue weighted by Crippen LogP contribution is 2.26. The molecule has 0 saturated heterocycles. The number of benzene rings is 1. The van der Waals surface area contributed by atoms with Gasteiger partial charge in [0, 0.05) is 0 Å². The second kappa shape index (κ2) is 4.51. The van der Waals surface area contributed by atoms with E-state index in [2.05, 4.69) is 4.98 Å². The highest BCUT2D eigenvalue weighted by Gasteiger charge is 2.05. The molecule has 2 aromatic heterocycles. The third kappa shape index (κ3) is 2.06. The zero-order chi connectivity index (χ0) is 12.4. The zero-order valence-corrected chi connectivity index (χ0v) is 10.1. The summed E-state index contributed by atoms with van der Waals surface area (Å²) in [5, 5.41) is 9.26. The van der Waals surface area contributed by atoms with E-state index >= 15 is 0 Å². The Morgan fingerprint density at radius 1 is 1.39 bits per heavy atom. The standard InChI is InChI=1S/C13H8N2O2S/c14-7-13-15-11-4-3-9(6-12(11)18-13)17-8-10-2-1-5-16-10/h1-6H,8H2. The van der Waals surface area contributed by atoms with E-state index in [0.717, 1.165) is 21.7 Å². The average molecular weight is 256 g/mol. The molecule has 0 aliphatic rings. The molecule has 0 radical (unpaired) electrons. The summed E-state index contributed by atoms with van der Waals surface area (Å²) in [7, 11) is 0. The number of thiazole rings is 1. The number of furan rings is 1. The Bertz CT molecular complexity index is 710. The maximum Gasteiger partial charge on any atom is 0.195 e. The molecule has 0 saturated carbocycles. The van der Waals surface area contributed by atoms with Crippen LogP contribution in [-0.4, -0.2) is 4.98 Å². The molecule has 0 atom stereocenters. The smallest absolute Gasteiger partial charge is 0.195 e. The normalized spacial score (nSPS) is 10.4. The number of nitriles is 1. The van der Waals surface area contributed by atoms with Crippen LogP contribution in [-0.2, 0) is 6.61 Å². The van der Waals surface area contributed by atoms with Crippen LogP contribution < -0.4 is 4.74 Å². The van der Waals surface area contributed by atoms with E-state index in [1.165, 1.54) is 11.3 Å². The minimum absolute atomic E-state index is 0.391. The van der Waals surface area contributed by atoms with Crippen LogP contribution in [0.25, 0.3) is 10.2 Å². The van der Waals surface area contributed by atoms with Gasteiger partial charge in [0.25, 0.3) is 0 Å². The molecule has 0 aliphatic heterocycles. The molecule has 3 aromatic rings. The van der Waals surface area contributed by atoms with Gasteiger partial charge in [-0.25, -0.2) is 4.98 Å². The molecule has 4 nitrogen and oxygen atoms in total. The second-order valence-corrected chi connectivity index (χ2v) is 4.66. The van der Waals surface area contributed by atoms with Crippen molar-refractivity contribution in [2.24, 2.45) is 0 Å². The van der Waals surface area contributed by atoms with Crippen molar-refractivity contribution in [3.05, 3.63) is 47.4 Å². The van der Waals surface area contributed by atoms with Gasteiger partial charge in [-0.1, -0.05) is 0 Å². The molecule has 0 spiro atoms. The van der Waals surface area contributed by atoms with E-state index in [-0.39, 0.29) is 0 Å². The Labute approximate surface area is 107 Å². The fourth-order valence-corrected chi connectivity index (χ4v) is 2.38. The maximum atomic E-state index is 8.79. The van der Waals surface area contributed by atoms with E-state index in [0.29, 0.717) is 11.6 Å². The summed E-state index contributed by atoms with van der Waals surface area (Å²) < 4.78 is 11.7. The Balaban J connectivity index is 1.82. The van der Waals surface area contributed by atoms with Crippen LogP contribution >= 0.6 is 11.3 Å². The molecule has 0 unspecified atom stereocenters. The molecule has 88 valence electrons. The van der Waals surface area contributed by atoms with Gasteiger partial charge < -0.3 is 9.15 Å². The molecule has 0 aliphatic carbocycles. The highest BCUT2D eigenvalue weighted by atomic mass is 32.1. The summed E-state index contributed by atoms with van der Waals surface area (Å²) in [4.78, 5) is 4.17. The van der Waals surface area contributed by atoms with Crippen LogP contribution in [0.1, 0.15) is 10.8 Å². The molecule has 0 bridgehead atoms. The number of aromatic nitrogens is 1. The molecule has 18 heavy (non-hydrogen) atoms. The van der Waals surface area contributed by atoms with Crippen molar-refractivity contribution in [1.29, 1.82) is 5.26 Å². The maximum absolute atomic E-state index is 8.79. The van der Waals surface area contributed by atoms with Crippen molar-refractivity contribution in [2.45, 2.75) is 6.61 Å². The van der Waals surface area contributed by atoms with E-state index in [1.54, 1.807) is 6.26 Å². The minimum Gasteiger partial charge on any atom is -0.486 e. The SMILES string of the molecule is N#Cc1nc2ccc(OCc3ccco3)cc2s1. The molecular weight excluding hydrogens is 248 g/mol. The van der Waals surface area contributed by atoms with Crippen molar-refractivity contribution >= 4 is 21.6 Å². The summed E-state index contributed by atoms with van der Waals surface area (Å²) in [6.07, 6.45) is 1.62.